The lowest BCUT2D eigenvalue weighted by atomic mass is 10.2. The molecule has 268 valence electrons. The van der Waals surface area contributed by atoms with Crippen molar-refractivity contribution in [3.05, 3.63) is 102 Å². The van der Waals surface area contributed by atoms with E-state index in [4.69, 9.17) is 37.4 Å². The van der Waals surface area contributed by atoms with Crippen molar-refractivity contribution in [1.82, 2.24) is 14.5 Å². The highest BCUT2D eigenvalue weighted by molar-refractivity contribution is 6.32. The van der Waals surface area contributed by atoms with E-state index >= 15 is 0 Å². The van der Waals surface area contributed by atoms with Crippen LogP contribution in [-0.2, 0) is 20.8 Å². The third-order valence-corrected chi connectivity index (χ3v) is 7.31. The Kier molecular flexibility index (Phi) is 11.8. The van der Waals surface area contributed by atoms with Crippen molar-refractivity contribution in [2.24, 2.45) is 0 Å². The number of H-pyrrole nitrogens is 1. The SMILES string of the molecule is CCOC(=O)c1[nH]c2ccc(Cl)cc2c1[N+](=O)[O-].CCOC(=O)c1c([N+](=O)[O-])c2cc(Cl)ccc2n1Cc1ccnc(NC(=O)OC(C)(C)C)c1. The molecule has 0 saturated heterocycles. The first kappa shape index (κ1) is 38.1. The normalized spacial score (nSPS) is 11.0. The third kappa shape index (κ3) is 9.09. The summed E-state index contributed by atoms with van der Waals surface area (Å²) in [6.45, 7) is 8.74. The smallest absolute Gasteiger partial charge is 0.413 e. The highest BCUT2D eigenvalue weighted by atomic mass is 35.5. The van der Waals surface area contributed by atoms with E-state index in [0.29, 0.717) is 26.6 Å². The molecule has 0 saturated carbocycles. The molecule has 5 rings (SSSR count). The molecular formula is C33H32Cl2N6O10. The largest absolute Gasteiger partial charge is 0.461 e. The van der Waals surface area contributed by atoms with E-state index in [-0.39, 0.29) is 59.1 Å². The number of aromatic amines is 1. The van der Waals surface area contributed by atoms with Gasteiger partial charge in [0.1, 0.15) is 11.4 Å². The van der Waals surface area contributed by atoms with Gasteiger partial charge in [0.25, 0.3) is 0 Å². The molecule has 0 atom stereocenters. The molecule has 3 aromatic heterocycles. The predicted octanol–water partition coefficient (Wildman–Crippen LogP) is 8.08. The fourth-order valence-corrected chi connectivity index (χ4v) is 5.33. The number of halogens is 2. The Balaban J connectivity index is 0.000000272. The second-order valence-electron chi connectivity index (χ2n) is 11.6. The van der Waals surface area contributed by atoms with Crippen LogP contribution in [0, 0.1) is 20.2 Å². The van der Waals surface area contributed by atoms with Crippen molar-refractivity contribution in [3.8, 4) is 0 Å². The van der Waals surface area contributed by atoms with Crippen LogP contribution in [0.1, 0.15) is 61.2 Å². The van der Waals surface area contributed by atoms with Crippen molar-refractivity contribution >= 4 is 80.2 Å². The number of ether oxygens (including phenoxy) is 3. The Morgan fingerprint density at radius 3 is 2.10 bits per heavy atom. The molecule has 5 aromatic rings. The van der Waals surface area contributed by atoms with Gasteiger partial charge in [0.15, 0.2) is 0 Å². The van der Waals surface area contributed by atoms with E-state index in [2.05, 4.69) is 15.3 Å². The number of nitro groups is 2. The Labute approximate surface area is 299 Å². The van der Waals surface area contributed by atoms with Crippen LogP contribution in [-0.4, -0.2) is 61.2 Å². The Morgan fingerprint density at radius 2 is 1.49 bits per heavy atom. The van der Waals surface area contributed by atoms with Crippen molar-refractivity contribution in [1.29, 1.82) is 0 Å². The number of fused-ring (bicyclic) bond motifs is 2. The summed E-state index contributed by atoms with van der Waals surface area (Å²) in [4.78, 5) is 64.9. The van der Waals surface area contributed by atoms with Gasteiger partial charge in [-0.3, -0.25) is 25.5 Å². The fraction of sp³-hybridized carbons (Fsp3) is 0.273. The van der Waals surface area contributed by atoms with Gasteiger partial charge >= 0.3 is 29.4 Å². The molecule has 0 radical (unpaired) electrons. The molecule has 3 heterocycles. The average molecular weight is 744 g/mol. The summed E-state index contributed by atoms with van der Waals surface area (Å²) in [5.74, 6) is -1.34. The summed E-state index contributed by atoms with van der Waals surface area (Å²) in [7, 11) is 0. The van der Waals surface area contributed by atoms with E-state index < -0.39 is 33.5 Å². The molecule has 0 bridgehead atoms. The van der Waals surface area contributed by atoms with Gasteiger partial charge in [-0.2, -0.15) is 0 Å². The molecule has 0 unspecified atom stereocenters. The van der Waals surface area contributed by atoms with Gasteiger partial charge in [0, 0.05) is 22.8 Å². The number of benzene rings is 2. The van der Waals surface area contributed by atoms with Gasteiger partial charge in [-0.15, -0.1) is 0 Å². The number of pyridine rings is 1. The molecule has 2 N–H and O–H groups in total. The topological polar surface area (TPSA) is 211 Å². The van der Waals surface area contributed by atoms with Gasteiger partial charge in [-0.05, 0) is 88.7 Å². The minimum absolute atomic E-state index is 0.0531. The molecule has 0 spiro atoms. The van der Waals surface area contributed by atoms with E-state index in [9.17, 15) is 34.6 Å². The van der Waals surface area contributed by atoms with Crippen molar-refractivity contribution in [2.75, 3.05) is 18.5 Å². The van der Waals surface area contributed by atoms with Crippen LogP contribution in [0.3, 0.4) is 0 Å². The summed E-state index contributed by atoms with van der Waals surface area (Å²) in [5.41, 5.74) is -0.208. The lowest BCUT2D eigenvalue weighted by molar-refractivity contribution is -0.383. The zero-order valence-electron chi connectivity index (χ0n) is 27.9. The molecule has 18 heteroatoms. The molecule has 0 aliphatic heterocycles. The number of hydrogen-bond donors (Lipinski definition) is 2. The van der Waals surface area contributed by atoms with Gasteiger partial charge in [-0.1, -0.05) is 23.2 Å². The van der Waals surface area contributed by atoms with Crippen LogP contribution in [0.2, 0.25) is 10.0 Å². The van der Waals surface area contributed by atoms with Gasteiger partial charge in [0.2, 0.25) is 11.4 Å². The number of carbonyl (C=O) groups excluding carboxylic acids is 3. The standard InChI is InChI=1S/C22H23ClN4O6.C11H9ClN2O4/c1-5-32-20(28)19-18(27(30)31)15-11-14(23)6-7-16(15)26(19)12-13-8-9-24-17(10-13)25-21(29)33-22(2,3)4;1-2-18-11(15)9-10(14(16)17)7-5-6(12)3-4-8(7)13-9/h6-11H,5,12H2,1-4H3,(H,24,25,29);3-5,13H,2H2,1H3. The fourth-order valence-electron chi connectivity index (χ4n) is 4.99. The quantitative estimate of drug-likeness (QED) is 0.0638. The molecule has 1 amide bonds. The zero-order chi connectivity index (χ0) is 37.6. The first-order valence-corrected chi connectivity index (χ1v) is 16.0. The molecular weight excluding hydrogens is 711 g/mol. The van der Waals surface area contributed by atoms with Crippen molar-refractivity contribution in [3.63, 3.8) is 0 Å². The highest BCUT2D eigenvalue weighted by Crippen LogP contribution is 2.36. The number of nitrogens with one attached hydrogen (secondary N) is 2. The van der Waals surface area contributed by atoms with Crippen LogP contribution in [0.4, 0.5) is 22.0 Å². The first-order chi connectivity index (χ1) is 24.0. The lowest BCUT2D eigenvalue weighted by Gasteiger charge is -2.19. The average Bonchev–Trinajstić information content (AvgIpc) is 3.56. The maximum Gasteiger partial charge on any atom is 0.413 e. The molecule has 0 aliphatic rings. The van der Waals surface area contributed by atoms with Crippen LogP contribution in [0.15, 0.2) is 54.7 Å². The molecule has 16 nitrogen and oxygen atoms in total. The number of carbonyl (C=O) groups is 3. The minimum atomic E-state index is -0.822. The maximum atomic E-state index is 12.7. The van der Waals surface area contributed by atoms with Crippen LogP contribution < -0.4 is 5.32 Å². The van der Waals surface area contributed by atoms with E-state index in [1.165, 1.54) is 22.9 Å². The zero-order valence-corrected chi connectivity index (χ0v) is 29.5. The molecule has 51 heavy (non-hydrogen) atoms. The Hall–Kier alpha value is -5.74. The lowest BCUT2D eigenvalue weighted by Crippen LogP contribution is -2.27. The van der Waals surface area contributed by atoms with E-state index in [1.54, 1.807) is 71.0 Å². The van der Waals surface area contributed by atoms with Gasteiger partial charge in [-0.25, -0.2) is 19.4 Å². The van der Waals surface area contributed by atoms with Crippen LogP contribution >= 0.6 is 23.2 Å². The first-order valence-electron chi connectivity index (χ1n) is 15.3. The summed E-state index contributed by atoms with van der Waals surface area (Å²) in [5, 5.41) is 26.6. The number of anilines is 1. The number of hydrogen-bond acceptors (Lipinski definition) is 11. The summed E-state index contributed by atoms with van der Waals surface area (Å²) < 4.78 is 16.6. The maximum absolute atomic E-state index is 12.7. The highest BCUT2D eigenvalue weighted by Gasteiger charge is 2.32. The van der Waals surface area contributed by atoms with E-state index in [1.807, 2.05) is 0 Å². The predicted molar refractivity (Wildman–Crippen MR) is 189 cm³/mol. The number of amides is 1. The van der Waals surface area contributed by atoms with Crippen molar-refractivity contribution < 1.29 is 38.4 Å². The summed E-state index contributed by atoms with van der Waals surface area (Å²) in [6, 6.07) is 12.5. The van der Waals surface area contributed by atoms with Gasteiger partial charge in [0.05, 0.1) is 44.9 Å². The number of nitrogens with zero attached hydrogens (tertiary/aromatic N) is 4. The van der Waals surface area contributed by atoms with Crippen LogP contribution in [0.25, 0.3) is 21.8 Å². The second kappa shape index (κ2) is 15.9. The monoisotopic (exact) mass is 742 g/mol. The number of esters is 2. The summed E-state index contributed by atoms with van der Waals surface area (Å²) in [6.07, 6.45) is 0.805. The van der Waals surface area contributed by atoms with E-state index in [0.717, 1.165) is 0 Å². The summed E-state index contributed by atoms with van der Waals surface area (Å²) >= 11 is 11.9. The third-order valence-electron chi connectivity index (χ3n) is 6.84. The van der Waals surface area contributed by atoms with Gasteiger partial charge < -0.3 is 23.8 Å². The Morgan fingerprint density at radius 1 is 0.882 bits per heavy atom. The van der Waals surface area contributed by atoms with Crippen molar-refractivity contribution in [2.45, 2.75) is 46.8 Å². The minimum Gasteiger partial charge on any atom is -0.461 e. The Bertz CT molecular complexity index is 2160. The second-order valence-corrected chi connectivity index (χ2v) is 12.5. The number of rotatable bonds is 9. The van der Waals surface area contributed by atoms with Crippen LogP contribution in [0.5, 0.6) is 0 Å². The number of aromatic nitrogens is 3. The molecule has 0 aliphatic carbocycles. The molecule has 2 aromatic carbocycles. The molecule has 0 fully saturated rings.